The SMILES string of the molecule is O=C(Cc1ccc(NC(=O)c2cc(Cl)ccc2[N+](=O)[O-])cc1)NCC(F)(F)F. The van der Waals surface area contributed by atoms with Crippen molar-refractivity contribution < 1.29 is 27.7 Å². The van der Waals surface area contributed by atoms with Gasteiger partial charge in [0.1, 0.15) is 12.1 Å². The number of nitrogens with one attached hydrogen (secondary N) is 2. The van der Waals surface area contributed by atoms with Crippen LogP contribution in [0.4, 0.5) is 24.5 Å². The third kappa shape index (κ3) is 6.23. The molecular weight excluding hydrogens is 403 g/mol. The predicted molar refractivity (Wildman–Crippen MR) is 95.3 cm³/mol. The molecule has 2 N–H and O–H groups in total. The topological polar surface area (TPSA) is 101 Å². The van der Waals surface area contributed by atoms with E-state index in [1.54, 1.807) is 5.32 Å². The molecule has 0 aliphatic heterocycles. The number of nitrogens with zero attached hydrogens (tertiary/aromatic N) is 1. The minimum Gasteiger partial charge on any atom is -0.347 e. The molecule has 0 heterocycles. The van der Waals surface area contributed by atoms with Crippen LogP contribution in [-0.2, 0) is 11.2 Å². The first-order chi connectivity index (χ1) is 13.0. The standard InChI is InChI=1S/C17H13ClF3N3O4/c18-11-3-6-14(24(27)28)13(8-11)16(26)23-12-4-1-10(2-5-12)7-15(25)22-9-17(19,20)21/h1-6,8H,7,9H2,(H,22,25)(H,23,26). The highest BCUT2D eigenvalue weighted by Crippen LogP contribution is 2.24. The Labute approximate surface area is 161 Å². The Bertz CT molecular complexity index is 902. The average Bonchev–Trinajstić information content (AvgIpc) is 2.60. The van der Waals surface area contributed by atoms with Crippen molar-refractivity contribution in [2.24, 2.45) is 0 Å². The van der Waals surface area contributed by atoms with Crippen LogP contribution in [0.25, 0.3) is 0 Å². The first-order valence-corrected chi connectivity index (χ1v) is 8.10. The van der Waals surface area contributed by atoms with E-state index >= 15 is 0 Å². The van der Waals surface area contributed by atoms with Crippen molar-refractivity contribution in [2.75, 3.05) is 11.9 Å². The second-order valence-electron chi connectivity index (χ2n) is 5.64. The molecule has 2 aromatic carbocycles. The van der Waals surface area contributed by atoms with Gasteiger partial charge in [-0.15, -0.1) is 0 Å². The molecule has 0 unspecified atom stereocenters. The molecule has 148 valence electrons. The smallest absolute Gasteiger partial charge is 0.347 e. The number of benzene rings is 2. The molecule has 0 bridgehead atoms. The fourth-order valence-corrected chi connectivity index (χ4v) is 2.37. The van der Waals surface area contributed by atoms with Crippen LogP contribution in [0.5, 0.6) is 0 Å². The molecule has 0 saturated carbocycles. The van der Waals surface area contributed by atoms with Gasteiger partial charge in [-0.2, -0.15) is 13.2 Å². The molecule has 2 amide bonds. The van der Waals surface area contributed by atoms with Gasteiger partial charge in [0.25, 0.3) is 11.6 Å². The van der Waals surface area contributed by atoms with Crippen LogP contribution in [0.1, 0.15) is 15.9 Å². The summed E-state index contributed by atoms with van der Waals surface area (Å²) in [7, 11) is 0. The second kappa shape index (κ2) is 8.70. The van der Waals surface area contributed by atoms with E-state index in [1.807, 2.05) is 0 Å². The first kappa shape index (κ1) is 21.2. The number of anilines is 1. The largest absolute Gasteiger partial charge is 0.405 e. The molecule has 0 spiro atoms. The van der Waals surface area contributed by atoms with Gasteiger partial charge >= 0.3 is 6.18 Å². The summed E-state index contributed by atoms with van der Waals surface area (Å²) >= 11 is 5.78. The van der Waals surface area contributed by atoms with E-state index < -0.39 is 35.1 Å². The van der Waals surface area contributed by atoms with Crippen molar-refractivity contribution in [3.05, 3.63) is 68.7 Å². The molecule has 0 aromatic heterocycles. The summed E-state index contributed by atoms with van der Waals surface area (Å²) in [6.07, 6.45) is -4.77. The highest BCUT2D eigenvalue weighted by Gasteiger charge is 2.27. The van der Waals surface area contributed by atoms with E-state index in [0.717, 1.165) is 12.1 Å². The molecule has 0 aliphatic rings. The van der Waals surface area contributed by atoms with Gasteiger partial charge in [0.05, 0.1) is 11.3 Å². The molecule has 0 saturated heterocycles. The molecule has 0 radical (unpaired) electrons. The number of rotatable bonds is 6. The molecule has 7 nitrogen and oxygen atoms in total. The maximum absolute atomic E-state index is 12.3. The van der Waals surface area contributed by atoms with Crippen LogP contribution in [0, 0.1) is 10.1 Å². The number of hydrogen-bond donors (Lipinski definition) is 2. The lowest BCUT2D eigenvalue weighted by molar-refractivity contribution is -0.385. The van der Waals surface area contributed by atoms with Crippen LogP contribution >= 0.6 is 11.6 Å². The summed E-state index contributed by atoms with van der Waals surface area (Å²) in [4.78, 5) is 34.1. The average molecular weight is 416 g/mol. The summed E-state index contributed by atoms with van der Waals surface area (Å²) in [5.41, 5.74) is 0.0538. The zero-order valence-electron chi connectivity index (χ0n) is 14.0. The predicted octanol–water partition coefficient (Wildman–Crippen LogP) is 3.72. The Hall–Kier alpha value is -3.14. The summed E-state index contributed by atoms with van der Waals surface area (Å²) in [6.45, 7) is -1.42. The molecule has 2 aromatic rings. The summed E-state index contributed by atoms with van der Waals surface area (Å²) in [5, 5.41) is 15.4. The number of hydrogen-bond acceptors (Lipinski definition) is 4. The summed E-state index contributed by atoms with van der Waals surface area (Å²) in [6, 6.07) is 9.27. The number of halogens is 4. The monoisotopic (exact) mass is 415 g/mol. The van der Waals surface area contributed by atoms with Crippen LogP contribution in [-0.4, -0.2) is 29.5 Å². The van der Waals surface area contributed by atoms with Crippen LogP contribution in [0.3, 0.4) is 0 Å². The van der Waals surface area contributed by atoms with E-state index in [4.69, 9.17) is 11.6 Å². The van der Waals surface area contributed by atoms with Gasteiger partial charge in [0.2, 0.25) is 5.91 Å². The van der Waals surface area contributed by atoms with Gasteiger partial charge in [-0.05, 0) is 29.8 Å². The number of alkyl halides is 3. The van der Waals surface area contributed by atoms with Crippen molar-refractivity contribution in [1.29, 1.82) is 0 Å². The minimum atomic E-state index is -4.49. The number of amides is 2. The third-order valence-electron chi connectivity index (χ3n) is 3.46. The molecule has 28 heavy (non-hydrogen) atoms. The van der Waals surface area contributed by atoms with Crippen molar-refractivity contribution in [2.45, 2.75) is 12.6 Å². The van der Waals surface area contributed by atoms with Gasteiger partial charge in [0.15, 0.2) is 0 Å². The van der Waals surface area contributed by atoms with Gasteiger partial charge in [-0.1, -0.05) is 23.7 Å². The molecular formula is C17H13ClF3N3O4. The van der Waals surface area contributed by atoms with Gasteiger partial charge < -0.3 is 10.6 Å². The van der Waals surface area contributed by atoms with Gasteiger partial charge in [-0.3, -0.25) is 19.7 Å². The van der Waals surface area contributed by atoms with Gasteiger partial charge in [0, 0.05) is 16.8 Å². The zero-order valence-corrected chi connectivity index (χ0v) is 14.8. The van der Waals surface area contributed by atoms with E-state index in [9.17, 15) is 32.9 Å². The van der Waals surface area contributed by atoms with E-state index in [2.05, 4.69) is 5.32 Å². The molecule has 11 heteroatoms. The van der Waals surface area contributed by atoms with Gasteiger partial charge in [-0.25, -0.2) is 0 Å². The third-order valence-corrected chi connectivity index (χ3v) is 3.70. The molecule has 2 rings (SSSR count). The van der Waals surface area contributed by atoms with E-state index in [1.165, 1.54) is 30.3 Å². The lowest BCUT2D eigenvalue weighted by Crippen LogP contribution is -2.34. The number of carbonyl (C=O) groups is 2. The second-order valence-corrected chi connectivity index (χ2v) is 6.07. The Kier molecular flexibility index (Phi) is 6.57. The van der Waals surface area contributed by atoms with Crippen molar-refractivity contribution in [3.8, 4) is 0 Å². The highest BCUT2D eigenvalue weighted by molar-refractivity contribution is 6.31. The summed E-state index contributed by atoms with van der Waals surface area (Å²) < 4.78 is 36.2. The van der Waals surface area contributed by atoms with Crippen LogP contribution < -0.4 is 10.6 Å². The van der Waals surface area contributed by atoms with Crippen molar-refractivity contribution >= 4 is 34.8 Å². The normalized spacial score (nSPS) is 11.0. The number of nitro groups is 1. The highest BCUT2D eigenvalue weighted by atomic mass is 35.5. The maximum Gasteiger partial charge on any atom is 0.405 e. The Balaban J connectivity index is 2.03. The lowest BCUT2D eigenvalue weighted by atomic mass is 10.1. The fourth-order valence-electron chi connectivity index (χ4n) is 2.20. The molecule has 0 fully saturated rings. The van der Waals surface area contributed by atoms with Crippen LogP contribution in [0.15, 0.2) is 42.5 Å². The Morgan fingerprint density at radius 3 is 2.32 bits per heavy atom. The first-order valence-electron chi connectivity index (χ1n) is 7.73. The van der Waals surface area contributed by atoms with Crippen LogP contribution in [0.2, 0.25) is 5.02 Å². The maximum atomic E-state index is 12.3. The fraction of sp³-hybridized carbons (Fsp3) is 0.176. The molecule has 0 atom stereocenters. The number of carbonyl (C=O) groups excluding carboxylic acids is 2. The minimum absolute atomic E-state index is 0.149. The molecule has 0 aliphatic carbocycles. The summed E-state index contributed by atoms with van der Waals surface area (Å²) in [5.74, 6) is -1.56. The Morgan fingerprint density at radius 1 is 1.11 bits per heavy atom. The zero-order chi connectivity index (χ0) is 20.9. The quantitative estimate of drug-likeness (QED) is 0.554. The van der Waals surface area contributed by atoms with Crippen molar-refractivity contribution in [1.82, 2.24) is 5.32 Å². The Morgan fingerprint density at radius 2 is 1.75 bits per heavy atom. The van der Waals surface area contributed by atoms with E-state index in [0.29, 0.717) is 5.56 Å². The van der Waals surface area contributed by atoms with E-state index in [-0.39, 0.29) is 22.7 Å². The number of nitro benzene ring substituents is 1. The van der Waals surface area contributed by atoms with Crippen molar-refractivity contribution in [3.63, 3.8) is 0 Å². The lowest BCUT2D eigenvalue weighted by Gasteiger charge is -2.09.